The second-order valence-electron chi connectivity index (χ2n) is 22.1. The molecule has 3 unspecified atom stereocenters. The van der Waals surface area contributed by atoms with Crippen molar-refractivity contribution >= 4 is 39.5 Å². The third kappa shape index (κ3) is 52.2. The lowest BCUT2D eigenvalue weighted by molar-refractivity contribution is -0.161. The molecule has 0 aliphatic heterocycles. The molecule has 0 aliphatic carbocycles. The predicted octanol–water partition coefficient (Wildman–Crippen LogP) is 15.7. The van der Waals surface area contributed by atoms with E-state index < -0.39 is 97.5 Å². The molecular weight excluding hydrogens is 1040 g/mol. The van der Waals surface area contributed by atoms with E-state index in [9.17, 15) is 43.2 Å². The molecule has 78 heavy (non-hydrogen) atoms. The lowest BCUT2D eigenvalue weighted by atomic mass is 9.99. The lowest BCUT2D eigenvalue weighted by Crippen LogP contribution is -2.30. The van der Waals surface area contributed by atoms with E-state index in [-0.39, 0.29) is 25.7 Å². The van der Waals surface area contributed by atoms with Gasteiger partial charge in [-0.05, 0) is 37.5 Å². The number of unbranched alkanes of at least 4 members (excludes halogenated alkanes) is 27. The fourth-order valence-electron chi connectivity index (χ4n) is 8.61. The average Bonchev–Trinajstić information content (AvgIpc) is 3.40. The Bertz CT molecular complexity index is 1550. The number of esters is 4. The molecule has 0 spiro atoms. The van der Waals surface area contributed by atoms with Crippen LogP contribution in [0.15, 0.2) is 0 Å². The first-order valence-electron chi connectivity index (χ1n) is 31.0. The molecule has 0 aromatic carbocycles. The van der Waals surface area contributed by atoms with Crippen LogP contribution in [0.2, 0.25) is 0 Å². The highest BCUT2D eigenvalue weighted by Gasteiger charge is 2.30. The van der Waals surface area contributed by atoms with Gasteiger partial charge in [0.1, 0.15) is 19.3 Å². The molecule has 6 atom stereocenters. The second-order valence-corrected chi connectivity index (χ2v) is 25.0. The SMILES string of the molecule is CCCCCCCCCC(=O)O[C@H](COC(=O)CCCCCCC)COP(=O)(O)OC[C@H](O)COP(=O)(O)OC[C@@H](COC(=O)CCCCCCCCCCCC(C)C)OC(=O)CCCCCCCCCCCCC(C)CC. The maximum Gasteiger partial charge on any atom is 0.472 e. The van der Waals surface area contributed by atoms with Crippen LogP contribution in [0.4, 0.5) is 0 Å². The fraction of sp³-hybridized carbons (Fsp3) is 0.932. The van der Waals surface area contributed by atoms with Crippen molar-refractivity contribution in [2.45, 2.75) is 304 Å². The first kappa shape index (κ1) is 76.1. The Hall–Kier alpha value is -1.94. The van der Waals surface area contributed by atoms with Crippen LogP contribution < -0.4 is 0 Å². The van der Waals surface area contributed by atoms with Crippen molar-refractivity contribution in [1.82, 2.24) is 0 Å². The predicted molar refractivity (Wildman–Crippen MR) is 308 cm³/mol. The Balaban J connectivity index is 5.17. The van der Waals surface area contributed by atoms with E-state index >= 15 is 0 Å². The summed E-state index contributed by atoms with van der Waals surface area (Å²) in [6, 6.07) is 0. The van der Waals surface area contributed by atoms with Gasteiger partial charge in [0.2, 0.25) is 0 Å². The maximum absolute atomic E-state index is 12.9. The molecule has 0 aliphatic rings. The number of carbonyl (C=O) groups excluding carboxylic acids is 4. The van der Waals surface area contributed by atoms with Gasteiger partial charge in [-0.15, -0.1) is 0 Å². The van der Waals surface area contributed by atoms with Gasteiger partial charge >= 0.3 is 39.5 Å². The van der Waals surface area contributed by atoms with E-state index in [4.69, 9.17) is 37.0 Å². The van der Waals surface area contributed by atoms with Gasteiger partial charge in [-0.25, -0.2) is 9.13 Å². The largest absolute Gasteiger partial charge is 0.472 e. The average molecular weight is 1160 g/mol. The third-order valence-electron chi connectivity index (χ3n) is 13.8. The maximum atomic E-state index is 12.9. The van der Waals surface area contributed by atoms with Gasteiger partial charge in [-0.3, -0.25) is 37.3 Å². The van der Waals surface area contributed by atoms with Gasteiger partial charge in [0.15, 0.2) is 12.2 Å². The summed E-state index contributed by atoms with van der Waals surface area (Å²) in [5.74, 6) is -0.609. The zero-order chi connectivity index (χ0) is 58.0. The van der Waals surface area contributed by atoms with Crippen LogP contribution >= 0.6 is 15.6 Å². The molecule has 0 heterocycles. The van der Waals surface area contributed by atoms with E-state index in [0.29, 0.717) is 25.7 Å². The van der Waals surface area contributed by atoms with Crippen LogP contribution in [0.1, 0.15) is 286 Å². The number of carbonyl (C=O) groups is 4. The molecule has 0 saturated heterocycles. The molecule has 0 bridgehead atoms. The summed E-state index contributed by atoms with van der Waals surface area (Å²) in [6.07, 6.45) is 32.5. The Morgan fingerprint density at radius 2 is 0.654 bits per heavy atom. The summed E-state index contributed by atoms with van der Waals surface area (Å²) in [5, 5.41) is 10.5. The van der Waals surface area contributed by atoms with Crippen molar-refractivity contribution in [3.63, 3.8) is 0 Å². The van der Waals surface area contributed by atoms with E-state index in [1.165, 1.54) is 83.5 Å². The van der Waals surface area contributed by atoms with Crippen LogP contribution in [0.25, 0.3) is 0 Å². The molecule has 0 aromatic heterocycles. The number of phosphoric acid groups is 2. The van der Waals surface area contributed by atoms with E-state index in [0.717, 1.165) is 121 Å². The number of rotatable bonds is 58. The fourth-order valence-corrected chi connectivity index (χ4v) is 10.2. The summed E-state index contributed by atoms with van der Waals surface area (Å²) in [7, 11) is -9.86. The number of phosphoric ester groups is 2. The highest BCUT2D eigenvalue weighted by molar-refractivity contribution is 7.47. The Labute approximate surface area is 473 Å². The van der Waals surface area contributed by atoms with Crippen molar-refractivity contribution in [3.05, 3.63) is 0 Å². The van der Waals surface area contributed by atoms with Gasteiger partial charge in [0.25, 0.3) is 0 Å². The number of aliphatic hydroxyl groups is 1. The molecule has 462 valence electrons. The van der Waals surface area contributed by atoms with Crippen molar-refractivity contribution in [2.75, 3.05) is 39.6 Å². The molecule has 0 radical (unpaired) electrons. The Kier molecular flexibility index (Phi) is 50.6. The smallest absolute Gasteiger partial charge is 0.462 e. The van der Waals surface area contributed by atoms with Crippen molar-refractivity contribution in [2.24, 2.45) is 11.8 Å². The highest BCUT2D eigenvalue weighted by Crippen LogP contribution is 2.45. The van der Waals surface area contributed by atoms with Gasteiger partial charge in [-0.1, -0.05) is 234 Å². The Morgan fingerprint density at radius 3 is 0.974 bits per heavy atom. The standard InChI is InChI=1S/C59H114O17P2/c1-7-10-12-14-22-31-37-43-58(63)75-54(47-69-56(61)41-35-27-13-11-8-2)49-73-77(65,66)71-45-53(60)46-72-78(67,68)74-50-55(48-70-57(62)42-36-30-25-21-17-18-23-28-33-39-51(4)5)76-59(64)44-38-32-26-20-16-15-19-24-29-34-40-52(6)9-3/h51-55,60H,7-50H2,1-6H3,(H,65,66)(H,67,68)/t52?,53-,54+,55+/m0/s1. The van der Waals surface area contributed by atoms with Crippen molar-refractivity contribution < 1.29 is 80.2 Å². The molecular formula is C59H114O17P2. The summed E-state index contributed by atoms with van der Waals surface area (Å²) >= 11 is 0. The van der Waals surface area contributed by atoms with Crippen LogP contribution in [0.5, 0.6) is 0 Å². The monoisotopic (exact) mass is 1160 g/mol. The van der Waals surface area contributed by atoms with E-state index in [2.05, 4.69) is 41.5 Å². The van der Waals surface area contributed by atoms with Crippen LogP contribution in [-0.2, 0) is 65.4 Å². The normalized spacial score (nSPS) is 14.8. The number of hydrogen-bond acceptors (Lipinski definition) is 15. The third-order valence-corrected chi connectivity index (χ3v) is 15.7. The first-order valence-corrected chi connectivity index (χ1v) is 34.0. The zero-order valence-electron chi connectivity index (χ0n) is 50.0. The summed E-state index contributed by atoms with van der Waals surface area (Å²) in [4.78, 5) is 71.6. The molecule has 0 amide bonds. The number of aliphatic hydroxyl groups excluding tert-OH is 1. The number of hydrogen-bond donors (Lipinski definition) is 3. The molecule has 17 nitrogen and oxygen atoms in total. The molecule has 0 saturated carbocycles. The van der Waals surface area contributed by atoms with Crippen molar-refractivity contribution in [3.8, 4) is 0 Å². The van der Waals surface area contributed by atoms with E-state index in [1.807, 2.05) is 0 Å². The lowest BCUT2D eigenvalue weighted by Gasteiger charge is -2.21. The minimum atomic E-state index is -4.94. The summed E-state index contributed by atoms with van der Waals surface area (Å²) in [5.41, 5.74) is 0. The first-order chi connectivity index (χ1) is 37.4. The van der Waals surface area contributed by atoms with Gasteiger partial charge in [0, 0.05) is 25.7 Å². The van der Waals surface area contributed by atoms with Crippen LogP contribution in [0.3, 0.4) is 0 Å². The van der Waals surface area contributed by atoms with Gasteiger partial charge < -0.3 is 33.8 Å². The quantitative estimate of drug-likeness (QED) is 0.0222. The van der Waals surface area contributed by atoms with E-state index in [1.54, 1.807) is 0 Å². The van der Waals surface area contributed by atoms with Crippen molar-refractivity contribution in [1.29, 1.82) is 0 Å². The molecule has 19 heteroatoms. The molecule has 0 fully saturated rings. The van der Waals surface area contributed by atoms with Crippen LogP contribution in [-0.4, -0.2) is 96.7 Å². The minimum absolute atomic E-state index is 0.102. The van der Waals surface area contributed by atoms with Gasteiger partial charge in [0.05, 0.1) is 26.4 Å². The Morgan fingerprint density at radius 1 is 0.372 bits per heavy atom. The molecule has 0 rings (SSSR count). The highest BCUT2D eigenvalue weighted by atomic mass is 31.2. The molecule has 0 aromatic rings. The molecule has 3 N–H and O–H groups in total. The minimum Gasteiger partial charge on any atom is -0.462 e. The number of ether oxygens (including phenoxy) is 4. The topological polar surface area (TPSA) is 237 Å². The zero-order valence-corrected chi connectivity index (χ0v) is 51.7. The summed E-state index contributed by atoms with van der Waals surface area (Å²) < 4.78 is 67.5. The van der Waals surface area contributed by atoms with Crippen LogP contribution in [0, 0.1) is 11.8 Å². The summed E-state index contributed by atoms with van der Waals surface area (Å²) in [6.45, 7) is 9.33. The van der Waals surface area contributed by atoms with Gasteiger partial charge in [-0.2, -0.15) is 0 Å². The second kappa shape index (κ2) is 51.9.